The van der Waals surface area contributed by atoms with E-state index >= 15 is 0 Å². The number of amides is 2. The first-order valence-electron chi connectivity index (χ1n) is 5.86. The Morgan fingerprint density at radius 3 is 2.56 bits per heavy atom. The van der Waals surface area contributed by atoms with Gasteiger partial charge < -0.3 is 11.1 Å². The molecule has 0 spiro atoms. The van der Waals surface area contributed by atoms with Gasteiger partial charge >= 0.3 is 6.03 Å². The van der Waals surface area contributed by atoms with Gasteiger partial charge in [0.15, 0.2) is 0 Å². The molecule has 1 heterocycles. The Morgan fingerprint density at radius 1 is 1.39 bits per heavy atom. The third-order valence-corrected chi connectivity index (χ3v) is 3.19. The average Bonchev–Trinajstić information content (AvgIpc) is 2.30. The third-order valence-electron chi connectivity index (χ3n) is 3.19. The summed E-state index contributed by atoms with van der Waals surface area (Å²) in [5.41, 5.74) is 6.27. The molecule has 6 heteroatoms. The van der Waals surface area contributed by atoms with E-state index < -0.39 is 12.0 Å². The molecule has 1 aliphatic carbocycles. The minimum absolute atomic E-state index is 0.0762. The largest absolute Gasteiger partial charge is 0.351 e. The molecular formula is C12H15F2N3O. The highest BCUT2D eigenvalue weighted by atomic mass is 19.3. The van der Waals surface area contributed by atoms with Gasteiger partial charge in [-0.25, -0.2) is 13.6 Å². The maximum atomic E-state index is 13.0. The Hall–Kier alpha value is -1.72. The summed E-state index contributed by atoms with van der Waals surface area (Å²) in [7, 11) is 0. The van der Waals surface area contributed by atoms with E-state index in [0.29, 0.717) is 18.5 Å². The molecule has 1 saturated carbocycles. The summed E-state index contributed by atoms with van der Waals surface area (Å²) in [4.78, 5) is 14.8. The lowest BCUT2D eigenvalue weighted by atomic mass is 9.84. The van der Waals surface area contributed by atoms with Crippen LogP contribution in [-0.4, -0.2) is 16.9 Å². The van der Waals surface area contributed by atoms with Crippen molar-refractivity contribution in [3.8, 4) is 0 Å². The number of anilines is 1. The van der Waals surface area contributed by atoms with Crippen LogP contribution in [-0.2, 0) is 0 Å². The number of primary amides is 1. The fraction of sp³-hybridized carbons (Fsp3) is 0.500. The van der Waals surface area contributed by atoms with Gasteiger partial charge in [0.2, 0.25) is 5.92 Å². The van der Waals surface area contributed by atoms with E-state index in [-0.39, 0.29) is 18.8 Å². The number of urea groups is 1. The van der Waals surface area contributed by atoms with Crippen LogP contribution < -0.4 is 11.1 Å². The van der Waals surface area contributed by atoms with E-state index in [1.165, 1.54) is 6.20 Å². The number of aromatic nitrogens is 1. The number of alkyl halides is 2. The molecule has 0 aliphatic heterocycles. The van der Waals surface area contributed by atoms with Crippen molar-refractivity contribution >= 4 is 11.7 Å². The highest BCUT2D eigenvalue weighted by Gasteiger charge is 2.35. The highest BCUT2D eigenvalue weighted by Crippen LogP contribution is 2.40. The molecular weight excluding hydrogens is 240 g/mol. The van der Waals surface area contributed by atoms with E-state index in [9.17, 15) is 13.6 Å². The Labute approximate surface area is 104 Å². The van der Waals surface area contributed by atoms with E-state index in [1.54, 1.807) is 12.1 Å². The zero-order valence-electron chi connectivity index (χ0n) is 9.83. The van der Waals surface area contributed by atoms with Gasteiger partial charge in [-0.2, -0.15) is 0 Å². The lowest BCUT2D eigenvalue weighted by Gasteiger charge is -2.27. The van der Waals surface area contributed by atoms with Crippen molar-refractivity contribution < 1.29 is 13.6 Å². The summed E-state index contributed by atoms with van der Waals surface area (Å²) in [5, 5.41) is 2.40. The van der Waals surface area contributed by atoms with Gasteiger partial charge in [-0.3, -0.25) is 4.98 Å². The van der Waals surface area contributed by atoms with Crippen LogP contribution in [0.4, 0.5) is 19.3 Å². The second-order valence-electron chi connectivity index (χ2n) is 4.59. The molecule has 2 rings (SSSR count). The summed E-state index contributed by atoms with van der Waals surface area (Å²) in [5.74, 6) is -2.45. The molecule has 18 heavy (non-hydrogen) atoms. The van der Waals surface area contributed by atoms with Gasteiger partial charge in [-0.15, -0.1) is 0 Å². The summed E-state index contributed by atoms with van der Waals surface area (Å²) >= 11 is 0. The Balaban J connectivity index is 2.00. The molecule has 0 saturated heterocycles. The summed E-state index contributed by atoms with van der Waals surface area (Å²) < 4.78 is 26.0. The fourth-order valence-corrected chi connectivity index (χ4v) is 2.20. The maximum Gasteiger partial charge on any atom is 0.316 e. The SMILES string of the molecule is NC(=O)Nc1ccc(C2CCC(F)(F)CC2)nc1. The van der Waals surface area contributed by atoms with Crippen molar-refractivity contribution in [3.63, 3.8) is 0 Å². The standard InChI is InChI=1S/C12H15F2N3O/c13-12(14)5-3-8(4-6-12)10-2-1-9(7-16-10)17-11(15)18/h1-2,7-8H,3-6H2,(H3,15,17,18). The number of carbonyl (C=O) groups excluding carboxylic acids is 1. The van der Waals surface area contributed by atoms with Crippen molar-refractivity contribution in [1.29, 1.82) is 0 Å². The Bertz CT molecular complexity index is 423. The molecule has 1 aromatic heterocycles. The average molecular weight is 255 g/mol. The van der Waals surface area contributed by atoms with Gasteiger partial charge in [0.1, 0.15) is 0 Å². The van der Waals surface area contributed by atoms with E-state index in [4.69, 9.17) is 5.73 Å². The van der Waals surface area contributed by atoms with Gasteiger partial charge in [0, 0.05) is 24.5 Å². The topological polar surface area (TPSA) is 68.0 Å². The Kier molecular flexibility index (Phi) is 3.45. The minimum atomic E-state index is -2.52. The van der Waals surface area contributed by atoms with Crippen LogP contribution in [0, 0.1) is 0 Å². The van der Waals surface area contributed by atoms with Gasteiger partial charge in [-0.1, -0.05) is 0 Å². The van der Waals surface area contributed by atoms with Crippen LogP contribution in [0.2, 0.25) is 0 Å². The van der Waals surface area contributed by atoms with Crippen LogP contribution in [0.3, 0.4) is 0 Å². The second-order valence-corrected chi connectivity index (χ2v) is 4.59. The van der Waals surface area contributed by atoms with Crippen molar-refractivity contribution in [2.24, 2.45) is 5.73 Å². The van der Waals surface area contributed by atoms with Gasteiger partial charge in [0.25, 0.3) is 0 Å². The number of nitrogens with zero attached hydrogens (tertiary/aromatic N) is 1. The fourth-order valence-electron chi connectivity index (χ4n) is 2.20. The van der Waals surface area contributed by atoms with Crippen LogP contribution in [0.1, 0.15) is 37.3 Å². The van der Waals surface area contributed by atoms with Crippen molar-refractivity contribution in [2.45, 2.75) is 37.5 Å². The molecule has 0 unspecified atom stereocenters. The molecule has 1 aromatic rings. The predicted octanol–water partition coefficient (Wildman–Crippen LogP) is 2.87. The predicted molar refractivity (Wildman–Crippen MR) is 63.6 cm³/mol. The number of carbonyl (C=O) groups is 1. The first kappa shape index (κ1) is 12.7. The molecule has 0 bridgehead atoms. The van der Waals surface area contributed by atoms with Crippen molar-refractivity contribution in [2.75, 3.05) is 5.32 Å². The summed E-state index contributed by atoms with van der Waals surface area (Å²) in [6, 6.07) is 2.78. The van der Waals surface area contributed by atoms with Crippen molar-refractivity contribution in [3.05, 3.63) is 24.0 Å². The van der Waals surface area contributed by atoms with Crippen LogP contribution in [0.25, 0.3) is 0 Å². The van der Waals surface area contributed by atoms with Gasteiger partial charge in [0.05, 0.1) is 11.9 Å². The van der Waals surface area contributed by atoms with Crippen molar-refractivity contribution in [1.82, 2.24) is 4.98 Å². The third kappa shape index (κ3) is 3.15. The Morgan fingerprint density at radius 2 is 2.06 bits per heavy atom. The number of halogens is 2. The molecule has 1 fully saturated rings. The number of nitrogens with one attached hydrogen (secondary N) is 1. The zero-order chi connectivity index (χ0) is 13.2. The molecule has 1 aliphatic rings. The molecule has 0 atom stereocenters. The number of hydrogen-bond acceptors (Lipinski definition) is 2. The highest BCUT2D eigenvalue weighted by molar-refractivity contribution is 5.87. The molecule has 0 aromatic carbocycles. The molecule has 3 N–H and O–H groups in total. The quantitative estimate of drug-likeness (QED) is 0.853. The number of hydrogen-bond donors (Lipinski definition) is 2. The van der Waals surface area contributed by atoms with Crippen LogP contribution in [0.15, 0.2) is 18.3 Å². The smallest absolute Gasteiger partial charge is 0.316 e. The zero-order valence-corrected chi connectivity index (χ0v) is 9.83. The van der Waals surface area contributed by atoms with Gasteiger partial charge in [-0.05, 0) is 25.0 Å². The molecule has 0 radical (unpaired) electrons. The van der Waals surface area contributed by atoms with E-state index in [2.05, 4.69) is 10.3 Å². The molecule has 2 amide bonds. The minimum Gasteiger partial charge on any atom is -0.351 e. The number of rotatable bonds is 2. The second kappa shape index (κ2) is 4.88. The monoisotopic (exact) mass is 255 g/mol. The first-order chi connectivity index (χ1) is 8.46. The van der Waals surface area contributed by atoms with Crippen LogP contribution in [0.5, 0.6) is 0 Å². The van der Waals surface area contributed by atoms with E-state index in [1.807, 2.05) is 0 Å². The molecule has 4 nitrogen and oxygen atoms in total. The lowest BCUT2D eigenvalue weighted by molar-refractivity contribution is -0.0384. The molecule has 98 valence electrons. The number of nitrogens with two attached hydrogens (primary N) is 1. The normalized spacial score (nSPS) is 19.4. The first-order valence-corrected chi connectivity index (χ1v) is 5.86. The lowest BCUT2D eigenvalue weighted by Crippen LogP contribution is -2.24. The maximum absolute atomic E-state index is 13.0. The summed E-state index contributed by atoms with van der Waals surface area (Å²) in [6.45, 7) is 0. The van der Waals surface area contributed by atoms with Crippen LogP contribution >= 0.6 is 0 Å². The number of pyridine rings is 1. The van der Waals surface area contributed by atoms with E-state index in [0.717, 1.165) is 5.69 Å². The summed E-state index contributed by atoms with van der Waals surface area (Å²) in [6.07, 6.45) is 2.22.